The molecule has 0 aliphatic rings. The lowest BCUT2D eigenvalue weighted by molar-refractivity contribution is 1.45. The maximum absolute atomic E-state index is 5.06. The van der Waals surface area contributed by atoms with E-state index >= 15 is 0 Å². The number of rotatable bonds is 6. The van der Waals surface area contributed by atoms with E-state index in [-0.39, 0.29) is 0 Å². The van der Waals surface area contributed by atoms with Crippen LogP contribution >= 0.6 is 22.7 Å². The number of hydrogen-bond donors (Lipinski definition) is 0. The van der Waals surface area contributed by atoms with E-state index in [9.17, 15) is 0 Å². The van der Waals surface area contributed by atoms with Gasteiger partial charge < -0.3 is 0 Å². The van der Waals surface area contributed by atoms with Crippen LogP contribution in [-0.2, 0) is 0 Å². The second-order valence-corrected chi connectivity index (χ2v) is 18.3. The molecule has 0 aliphatic carbocycles. The highest BCUT2D eigenvalue weighted by molar-refractivity contribution is 7.22. The van der Waals surface area contributed by atoms with Gasteiger partial charge in [-0.05, 0) is 126 Å². The van der Waals surface area contributed by atoms with Crippen molar-refractivity contribution >= 4 is 75.4 Å². The van der Waals surface area contributed by atoms with E-state index in [1.54, 1.807) is 22.7 Å². The van der Waals surface area contributed by atoms with Gasteiger partial charge in [0.05, 0.1) is 20.4 Å². The SMILES string of the molecule is Cc1ccc2nc(-c3ccc(-c4c5ccccc5c(-c5ccc(-c6nc7ccc(C)cc7s6)cc5)c5c(-c6ccccc6)c6ccccc6c(-c6ccccc6)c45)cc3)sc2c1. The fraction of sp³-hybridized carbons (Fsp3) is 0.0345. The van der Waals surface area contributed by atoms with Crippen LogP contribution in [-0.4, -0.2) is 9.97 Å². The first-order chi connectivity index (χ1) is 30.6. The molecule has 0 unspecified atom stereocenters. The molecule has 0 saturated heterocycles. The van der Waals surface area contributed by atoms with Gasteiger partial charge in [-0.1, -0.05) is 170 Å². The van der Waals surface area contributed by atoms with Crippen molar-refractivity contribution in [3.8, 4) is 65.6 Å². The van der Waals surface area contributed by atoms with E-state index < -0.39 is 0 Å². The molecule has 12 aromatic rings. The first-order valence-corrected chi connectivity index (χ1v) is 22.7. The summed E-state index contributed by atoms with van der Waals surface area (Å²) < 4.78 is 2.43. The van der Waals surface area contributed by atoms with Crippen LogP contribution in [0.3, 0.4) is 0 Å². The van der Waals surface area contributed by atoms with Crippen molar-refractivity contribution in [1.29, 1.82) is 0 Å². The average Bonchev–Trinajstić information content (AvgIpc) is 3.95. The molecule has 0 fully saturated rings. The Labute approximate surface area is 368 Å². The van der Waals surface area contributed by atoms with Crippen LogP contribution in [0.2, 0.25) is 0 Å². The smallest absolute Gasteiger partial charge is 0.124 e. The van der Waals surface area contributed by atoms with E-state index in [1.165, 1.54) is 97.4 Å². The monoisotopic (exact) mass is 826 g/mol. The van der Waals surface area contributed by atoms with Crippen molar-refractivity contribution in [2.75, 3.05) is 0 Å². The molecule has 12 rings (SSSR count). The molecule has 10 aromatic carbocycles. The van der Waals surface area contributed by atoms with Crippen molar-refractivity contribution in [2.45, 2.75) is 13.8 Å². The zero-order valence-electron chi connectivity index (χ0n) is 34.2. The highest BCUT2D eigenvalue weighted by Crippen LogP contribution is 2.54. The molecule has 0 bridgehead atoms. The van der Waals surface area contributed by atoms with Crippen molar-refractivity contribution in [1.82, 2.24) is 9.97 Å². The van der Waals surface area contributed by atoms with E-state index in [1.807, 2.05) is 0 Å². The number of fused-ring (bicyclic) bond motifs is 5. The van der Waals surface area contributed by atoms with E-state index in [4.69, 9.17) is 9.97 Å². The summed E-state index contributed by atoms with van der Waals surface area (Å²) in [5, 5.41) is 9.46. The summed E-state index contributed by atoms with van der Waals surface area (Å²) in [6.07, 6.45) is 0. The molecule has 2 nitrogen and oxygen atoms in total. The average molecular weight is 827 g/mol. The number of nitrogens with zero attached hydrogens (tertiary/aromatic N) is 2. The van der Waals surface area contributed by atoms with Crippen LogP contribution in [0, 0.1) is 13.8 Å². The Kier molecular flexibility index (Phi) is 8.70. The van der Waals surface area contributed by atoms with Gasteiger partial charge in [-0.2, -0.15) is 0 Å². The van der Waals surface area contributed by atoms with E-state index in [0.717, 1.165) is 32.2 Å². The Morgan fingerprint density at radius 2 is 0.613 bits per heavy atom. The summed E-state index contributed by atoms with van der Waals surface area (Å²) in [4.78, 5) is 10.1. The van der Waals surface area contributed by atoms with Crippen LogP contribution in [0.4, 0.5) is 0 Å². The third-order valence-electron chi connectivity index (χ3n) is 12.2. The molecular formula is C58H38N2S2. The van der Waals surface area contributed by atoms with Crippen molar-refractivity contribution < 1.29 is 0 Å². The highest BCUT2D eigenvalue weighted by Gasteiger charge is 2.26. The van der Waals surface area contributed by atoms with Gasteiger partial charge in [0, 0.05) is 11.1 Å². The topological polar surface area (TPSA) is 25.8 Å². The largest absolute Gasteiger partial charge is 0.236 e. The summed E-state index contributed by atoms with van der Waals surface area (Å²) in [6, 6.07) is 71.3. The number of aryl methyl sites for hydroxylation is 2. The van der Waals surface area contributed by atoms with Crippen molar-refractivity contribution in [3.05, 3.63) is 205 Å². The lowest BCUT2D eigenvalue weighted by Crippen LogP contribution is -1.97. The van der Waals surface area contributed by atoms with Gasteiger partial charge in [-0.25, -0.2) is 9.97 Å². The van der Waals surface area contributed by atoms with Crippen LogP contribution in [0.5, 0.6) is 0 Å². The Morgan fingerprint density at radius 1 is 0.306 bits per heavy atom. The molecule has 0 radical (unpaired) electrons. The minimum absolute atomic E-state index is 1.04. The molecule has 62 heavy (non-hydrogen) atoms. The van der Waals surface area contributed by atoms with Gasteiger partial charge >= 0.3 is 0 Å². The number of hydrogen-bond acceptors (Lipinski definition) is 4. The number of aromatic nitrogens is 2. The molecule has 0 spiro atoms. The van der Waals surface area contributed by atoms with Crippen molar-refractivity contribution in [3.63, 3.8) is 0 Å². The molecule has 2 heterocycles. The molecular weight excluding hydrogens is 789 g/mol. The van der Waals surface area contributed by atoms with Crippen LogP contribution in [0.15, 0.2) is 194 Å². The first kappa shape index (κ1) is 36.6. The number of thiazole rings is 2. The second-order valence-electron chi connectivity index (χ2n) is 16.2. The highest BCUT2D eigenvalue weighted by atomic mass is 32.1. The molecule has 0 atom stereocenters. The molecule has 0 saturated carbocycles. The fourth-order valence-corrected chi connectivity index (χ4v) is 11.5. The maximum atomic E-state index is 5.06. The molecule has 4 heteroatoms. The predicted octanol–water partition coefficient (Wildman–Crippen LogP) is 17.0. The fourth-order valence-electron chi connectivity index (χ4n) is 9.41. The molecule has 292 valence electrons. The lowest BCUT2D eigenvalue weighted by Gasteiger charge is -2.25. The van der Waals surface area contributed by atoms with E-state index in [2.05, 4.69) is 208 Å². The third kappa shape index (κ3) is 6.06. The Hall–Kier alpha value is -7.24. The van der Waals surface area contributed by atoms with Crippen LogP contribution < -0.4 is 0 Å². The van der Waals surface area contributed by atoms with E-state index in [0.29, 0.717) is 0 Å². The van der Waals surface area contributed by atoms with Gasteiger partial charge in [0.1, 0.15) is 10.0 Å². The maximum Gasteiger partial charge on any atom is 0.124 e. The summed E-state index contributed by atoms with van der Waals surface area (Å²) in [5.74, 6) is 0. The van der Waals surface area contributed by atoms with Gasteiger partial charge in [-0.15, -0.1) is 22.7 Å². The minimum Gasteiger partial charge on any atom is -0.236 e. The van der Waals surface area contributed by atoms with Gasteiger partial charge in [-0.3, -0.25) is 0 Å². The molecule has 0 N–H and O–H groups in total. The Balaban J connectivity index is 1.19. The standard InChI is InChI=1S/C58H38N2S2/c1-35-21-31-47-49(33-35)61-57(59-47)41-27-23-39(24-28-41)53-45-19-11-12-20-46(45)54(40-25-29-42(30-26-40)58-60-48-32-22-36(2)34-50(48)62-58)56-52(38-15-7-4-8-16-38)44-18-10-9-17-43(44)51(55(53)56)37-13-5-3-6-14-37/h3-34H,1-2H3. The first-order valence-electron chi connectivity index (χ1n) is 21.1. The predicted molar refractivity (Wildman–Crippen MR) is 267 cm³/mol. The lowest BCUT2D eigenvalue weighted by atomic mass is 9.77. The quantitative estimate of drug-likeness (QED) is 0.156. The van der Waals surface area contributed by atoms with Gasteiger partial charge in [0.25, 0.3) is 0 Å². The summed E-state index contributed by atoms with van der Waals surface area (Å²) in [5.41, 5.74) is 16.5. The molecule has 0 aliphatic heterocycles. The van der Waals surface area contributed by atoms with Crippen LogP contribution in [0.25, 0.3) is 118 Å². The van der Waals surface area contributed by atoms with Gasteiger partial charge in [0.2, 0.25) is 0 Å². The van der Waals surface area contributed by atoms with Gasteiger partial charge in [0.15, 0.2) is 0 Å². The van der Waals surface area contributed by atoms with Crippen LogP contribution in [0.1, 0.15) is 11.1 Å². The summed E-state index contributed by atoms with van der Waals surface area (Å²) in [7, 11) is 0. The second kappa shape index (κ2) is 14.7. The Morgan fingerprint density at radius 3 is 0.968 bits per heavy atom. The third-order valence-corrected chi connectivity index (χ3v) is 14.4. The normalized spacial score (nSPS) is 11.7. The minimum atomic E-state index is 1.04. The number of benzene rings is 10. The zero-order valence-corrected chi connectivity index (χ0v) is 35.8. The summed E-state index contributed by atoms with van der Waals surface area (Å²) in [6.45, 7) is 4.28. The molecule has 0 amide bonds. The summed E-state index contributed by atoms with van der Waals surface area (Å²) >= 11 is 3.52. The zero-order chi connectivity index (χ0) is 41.3. The Bertz CT molecular complexity index is 3430. The van der Waals surface area contributed by atoms with Crippen molar-refractivity contribution in [2.24, 2.45) is 0 Å². The molecule has 2 aromatic heterocycles.